The molecule has 5 rings (SSSR count). The van der Waals surface area contributed by atoms with Gasteiger partial charge in [0.15, 0.2) is 0 Å². The van der Waals surface area contributed by atoms with Crippen LogP contribution in [0.4, 0.5) is 11.8 Å². The molecule has 3 aromatic rings. The number of aryl methyl sites for hydroxylation is 2. The molecule has 3 N–H and O–H groups in total. The molecule has 1 unspecified atom stereocenters. The van der Waals surface area contributed by atoms with E-state index < -0.39 is 0 Å². The average molecular weight is 487 g/mol. The first kappa shape index (κ1) is 24.3. The van der Waals surface area contributed by atoms with Gasteiger partial charge in [0.1, 0.15) is 17.7 Å². The van der Waals surface area contributed by atoms with Crippen LogP contribution in [-0.4, -0.2) is 33.0 Å². The fourth-order valence-corrected chi connectivity index (χ4v) is 5.58. The van der Waals surface area contributed by atoms with Gasteiger partial charge in [-0.05, 0) is 67.3 Å². The van der Waals surface area contributed by atoms with Crippen molar-refractivity contribution in [2.45, 2.75) is 77.3 Å². The van der Waals surface area contributed by atoms with Crippen molar-refractivity contribution in [2.75, 3.05) is 17.2 Å². The second-order valence-electron chi connectivity index (χ2n) is 10.2. The summed E-state index contributed by atoms with van der Waals surface area (Å²) < 4.78 is 1.96. The number of nitrogens with one attached hydrogen (secondary N) is 3. The Kier molecular flexibility index (Phi) is 7.84. The molecule has 1 amide bonds. The van der Waals surface area contributed by atoms with Crippen LogP contribution in [0, 0.1) is 5.92 Å². The van der Waals surface area contributed by atoms with E-state index in [1.165, 1.54) is 61.6 Å². The highest BCUT2D eigenvalue weighted by molar-refractivity contribution is 5.84. The van der Waals surface area contributed by atoms with Crippen LogP contribution in [0.1, 0.15) is 68.6 Å². The third-order valence-electron chi connectivity index (χ3n) is 7.48. The van der Waals surface area contributed by atoms with Crippen molar-refractivity contribution in [2.24, 2.45) is 5.92 Å². The van der Waals surface area contributed by atoms with Gasteiger partial charge in [0.2, 0.25) is 11.9 Å². The molecule has 0 radical (unpaired) electrons. The molecule has 0 spiro atoms. The van der Waals surface area contributed by atoms with Crippen LogP contribution in [0.5, 0.6) is 0 Å². The van der Waals surface area contributed by atoms with Crippen molar-refractivity contribution in [1.29, 1.82) is 0 Å². The summed E-state index contributed by atoms with van der Waals surface area (Å²) in [5, 5.41) is 9.93. The van der Waals surface area contributed by atoms with Gasteiger partial charge in [-0.25, -0.2) is 0 Å². The molecule has 0 bridgehead atoms. The number of aromatic nitrogens is 3. The van der Waals surface area contributed by atoms with E-state index in [9.17, 15) is 4.79 Å². The Morgan fingerprint density at radius 3 is 2.64 bits per heavy atom. The van der Waals surface area contributed by atoms with Crippen LogP contribution in [0.2, 0.25) is 0 Å². The van der Waals surface area contributed by atoms with Gasteiger partial charge in [0, 0.05) is 31.5 Å². The van der Waals surface area contributed by atoms with Crippen LogP contribution >= 0.6 is 0 Å². The zero-order valence-corrected chi connectivity index (χ0v) is 21.3. The summed E-state index contributed by atoms with van der Waals surface area (Å²) in [5.74, 6) is 2.58. The number of fused-ring (bicyclic) bond motifs is 1. The topological polar surface area (TPSA) is 83.9 Å². The molecule has 1 fully saturated rings. The molecule has 1 atom stereocenters. The van der Waals surface area contributed by atoms with E-state index in [2.05, 4.69) is 44.1 Å². The summed E-state index contributed by atoms with van der Waals surface area (Å²) in [5.41, 5.74) is 4.07. The summed E-state index contributed by atoms with van der Waals surface area (Å²) >= 11 is 0. The van der Waals surface area contributed by atoms with Crippen molar-refractivity contribution in [3.63, 3.8) is 0 Å². The van der Waals surface area contributed by atoms with Crippen LogP contribution in [0.3, 0.4) is 0 Å². The van der Waals surface area contributed by atoms with Crippen molar-refractivity contribution in [3.05, 3.63) is 65.5 Å². The van der Waals surface area contributed by atoms with Crippen molar-refractivity contribution in [3.8, 4) is 5.82 Å². The molecular formula is C29H38N6O. The molecule has 7 heteroatoms. The predicted molar refractivity (Wildman–Crippen MR) is 144 cm³/mol. The number of amides is 1. The lowest BCUT2D eigenvalue weighted by molar-refractivity contribution is -0.122. The van der Waals surface area contributed by atoms with Crippen molar-refractivity contribution in [1.82, 2.24) is 19.9 Å². The molecule has 0 aliphatic heterocycles. The first-order valence-electron chi connectivity index (χ1n) is 13.6. The molecule has 1 aromatic carbocycles. The highest BCUT2D eigenvalue weighted by Gasteiger charge is 2.25. The van der Waals surface area contributed by atoms with E-state index in [1.807, 2.05) is 42.1 Å². The van der Waals surface area contributed by atoms with E-state index in [1.54, 1.807) is 0 Å². The Morgan fingerprint density at radius 2 is 1.83 bits per heavy atom. The Bertz CT molecular complexity index is 1150. The van der Waals surface area contributed by atoms with Gasteiger partial charge in [0.05, 0.1) is 0 Å². The first-order valence-corrected chi connectivity index (χ1v) is 13.6. The zero-order chi connectivity index (χ0) is 24.7. The fourth-order valence-electron chi connectivity index (χ4n) is 5.58. The summed E-state index contributed by atoms with van der Waals surface area (Å²) in [4.78, 5) is 22.8. The number of carbonyl (C=O) groups excluding carboxylic acids is 1. The van der Waals surface area contributed by atoms with Gasteiger partial charge >= 0.3 is 0 Å². The number of anilines is 2. The number of rotatable bonds is 10. The number of carbonyl (C=O) groups is 1. The smallest absolute Gasteiger partial charge is 0.242 e. The quantitative estimate of drug-likeness (QED) is 0.364. The Hall–Kier alpha value is -3.35. The first-order chi connectivity index (χ1) is 17.7. The average Bonchev–Trinajstić information content (AvgIpc) is 3.60. The van der Waals surface area contributed by atoms with Gasteiger partial charge in [0.25, 0.3) is 0 Å². The van der Waals surface area contributed by atoms with Crippen molar-refractivity contribution < 1.29 is 4.79 Å². The summed E-state index contributed by atoms with van der Waals surface area (Å²) in [7, 11) is 0. The molecule has 0 saturated heterocycles. The number of hydrogen-bond donors (Lipinski definition) is 3. The van der Waals surface area contributed by atoms with E-state index in [4.69, 9.17) is 0 Å². The SMILES string of the molecule is CCNc1nc(NC(CC2CCCCC2)C(=O)NCc2ccc3c(c2)CCC3)cc(-n2cccc2)n1. The van der Waals surface area contributed by atoms with Crippen LogP contribution in [-0.2, 0) is 24.2 Å². The standard InChI is InChI=1S/C29H38N6O/c1-2-30-29-33-26(19-27(34-29)35-15-6-7-16-35)32-25(18-21-9-4-3-5-10-21)28(36)31-20-22-13-14-23-11-8-12-24(23)17-22/h6-7,13-17,19,21,25H,2-5,8-12,18,20H2,1H3,(H,31,36)(H2,30,32,33,34). The number of benzene rings is 1. The third-order valence-corrected chi connectivity index (χ3v) is 7.48. The minimum atomic E-state index is -0.343. The second-order valence-corrected chi connectivity index (χ2v) is 10.2. The Balaban J connectivity index is 1.33. The fraction of sp³-hybridized carbons (Fsp3) is 0.483. The zero-order valence-electron chi connectivity index (χ0n) is 21.3. The number of hydrogen-bond acceptors (Lipinski definition) is 5. The monoisotopic (exact) mass is 486 g/mol. The molecule has 2 aromatic heterocycles. The minimum Gasteiger partial charge on any atom is -0.358 e. The minimum absolute atomic E-state index is 0.0344. The molecule has 1 saturated carbocycles. The summed E-state index contributed by atoms with van der Waals surface area (Å²) in [6.07, 6.45) is 14.5. The van der Waals surface area contributed by atoms with Gasteiger partial charge < -0.3 is 20.5 Å². The maximum atomic E-state index is 13.5. The second kappa shape index (κ2) is 11.6. The maximum Gasteiger partial charge on any atom is 0.242 e. The van der Waals surface area contributed by atoms with E-state index >= 15 is 0 Å². The molecule has 7 nitrogen and oxygen atoms in total. The molecule has 36 heavy (non-hydrogen) atoms. The molecule has 2 aliphatic rings. The Labute approximate surface area is 214 Å². The van der Waals surface area contributed by atoms with Crippen LogP contribution in [0.15, 0.2) is 48.8 Å². The summed E-state index contributed by atoms with van der Waals surface area (Å²) in [6, 6.07) is 12.2. The van der Waals surface area contributed by atoms with E-state index in [0.717, 1.165) is 25.2 Å². The van der Waals surface area contributed by atoms with Crippen LogP contribution in [0.25, 0.3) is 5.82 Å². The van der Waals surface area contributed by atoms with Gasteiger partial charge in [-0.15, -0.1) is 0 Å². The largest absolute Gasteiger partial charge is 0.358 e. The summed E-state index contributed by atoms with van der Waals surface area (Å²) in [6.45, 7) is 3.30. The lowest BCUT2D eigenvalue weighted by Gasteiger charge is -2.27. The highest BCUT2D eigenvalue weighted by Crippen LogP contribution is 2.29. The van der Waals surface area contributed by atoms with Gasteiger partial charge in [-0.3, -0.25) is 4.79 Å². The van der Waals surface area contributed by atoms with Crippen LogP contribution < -0.4 is 16.0 Å². The third kappa shape index (κ3) is 6.07. The van der Waals surface area contributed by atoms with Crippen molar-refractivity contribution >= 4 is 17.7 Å². The van der Waals surface area contributed by atoms with E-state index in [0.29, 0.717) is 24.2 Å². The normalized spacial score (nSPS) is 16.4. The Morgan fingerprint density at radius 1 is 1.03 bits per heavy atom. The predicted octanol–water partition coefficient (Wildman–Crippen LogP) is 5.26. The van der Waals surface area contributed by atoms with Gasteiger partial charge in [-0.1, -0.05) is 50.3 Å². The van der Waals surface area contributed by atoms with E-state index in [-0.39, 0.29) is 11.9 Å². The lowest BCUT2D eigenvalue weighted by Crippen LogP contribution is -2.41. The van der Waals surface area contributed by atoms with Gasteiger partial charge in [-0.2, -0.15) is 9.97 Å². The molecule has 190 valence electrons. The lowest BCUT2D eigenvalue weighted by atomic mass is 9.84. The molecule has 2 aliphatic carbocycles. The maximum absolute atomic E-state index is 13.5. The highest BCUT2D eigenvalue weighted by atomic mass is 16.2. The number of nitrogens with zero attached hydrogens (tertiary/aromatic N) is 3. The molecule has 2 heterocycles. The molecular weight excluding hydrogens is 448 g/mol.